The molecule has 0 spiro atoms. The number of nitrogens with one attached hydrogen (secondary N) is 1. The largest absolute Gasteiger partial charge is 0.291 e. The van der Waals surface area contributed by atoms with Gasteiger partial charge in [-0.05, 0) is 59.0 Å². The Hall–Kier alpha value is -2.00. The highest BCUT2D eigenvalue weighted by Gasteiger charge is 2.32. The SMILES string of the molecule is Cc1nc2sc3c(c2c(=O)n1NC(=O)c1nn(C)cc1Br)CCC(C(C)(C)C)C3. The summed E-state index contributed by atoms with van der Waals surface area (Å²) in [6.45, 7) is 8.55. The number of amides is 1. The Morgan fingerprint density at radius 1 is 1.38 bits per heavy atom. The van der Waals surface area contributed by atoms with Gasteiger partial charge in [0, 0.05) is 18.1 Å². The summed E-state index contributed by atoms with van der Waals surface area (Å²) in [6.07, 6.45) is 4.60. The summed E-state index contributed by atoms with van der Waals surface area (Å²) >= 11 is 4.94. The smallest absolute Gasteiger partial charge is 0.274 e. The van der Waals surface area contributed by atoms with Crippen molar-refractivity contribution in [3.05, 3.63) is 43.0 Å². The van der Waals surface area contributed by atoms with Gasteiger partial charge in [0.25, 0.3) is 11.5 Å². The zero-order valence-corrected chi connectivity index (χ0v) is 19.6. The van der Waals surface area contributed by atoms with Crippen LogP contribution >= 0.6 is 27.3 Å². The number of rotatable bonds is 2. The molecule has 7 nitrogen and oxygen atoms in total. The van der Waals surface area contributed by atoms with Crippen molar-refractivity contribution in [2.75, 3.05) is 5.43 Å². The summed E-state index contributed by atoms with van der Waals surface area (Å²) in [4.78, 5) is 32.6. The zero-order valence-electron chi connectivity index (χ0n) is 17.2. The third-order valence-corrected chi connectivity index (χ3v) is 7.42. The number of carbonyl (C=O) groups is 1. The molecule has 0 saturated carbocycles. The van der Waals surface area contributed by atoms with Crippen LogP contribution < -0.4 is 11.0 Å². The Kier molecular flexibility index (Phi) is 4.93. The summed E-state index contributed by atoms with van der Waals surface area (Å²) in [7, 11) is 1.73. The van der Waals surface area contributed by atoms with E-state index < -0.39 is 5.91 Å². The quantitative estimate of drug-likeness (QED) is 0.608. The first-order valence-electron chi connectivity index (χ1n) is 9.60. The van der Waals surface area contributed by atoms with E-state index in [2.05, 4.69) is 52.2 Å². The molecule has 29 heavy (non-hydrogen) atoms. The van der Waals surface area contributed by atoms with E-state index in [0.717, 1.165) is 29.7 Å². The molecule has 0 radical (unpaired) electrons. The van der Waals surface area contributed by atoms with E-state index in [9.17, 15) is 9.59 Å². The third kappa shape index (κ3) is 3.54. The molecular formula is C20H24BrN5O2S. The highest BCUT2D eigenvalue weighted by molar-refractivity contribution is 9.10. The Labute approximate surface area is 181 Å². The summed E-state index contributed by atoms with van der Waals surface area (Å²) in [5.74, 6) is 0.585. The van der Waals surface area contributed by atoms with Gasteiger partial charge in [0.15, 0.2) is 5.69 Å². The molecule has 4 rings (SSSR count). The van der Waals surface area contributed by atoms with Gasteiger partial charge in [0.05, 0.1) is 9.86 Å². The Morgan fingerprint density at radius 3 is 2.72 bits per heavy atom. The number of hydrogen-bond donors (Lipinski definition) is 1. The predicted molar refractivity (Wildman–Crippen MR) is 118 cm³/mol. The Bertz CT molecular complexity index is 1180. The molecule has 0 saturated heterocycles. The lowest BCUT2D eigenvalue weighted by Gasteiger charge is -2.33. The lowest BCUT2D eigenvalue weighted by molar-refractivity contribution is 0.1000. The van der Waals surface area contributed by atoms with Crippen LogP contribution in [0, 0.1) is 18.3 Å². The van der Waals surface area contributed by atoms with Crippen LogP contribution in [0.5, 0.6) is 0 Å². The number of hydrogen-bond acceptors (Lipinski definition) is 5. The average molecular weight is 478 g/mol. The van der Waals surface area contributed by atoms with Gasteiger partial charge in [0.1, 0.15) is 10.7 Å². The fourth-order valence-corrected chi connectivity index (χ4v) is 5.86. The standard InChI is InChI=1S/C20H24BrN5O2S/c1-10-22-18-15(12-7-6-11(20(2,3)4)8-14(12)29-18)19(28)26(10)24-17(27)16-13(21)9-25(5)23-16/h9,11H,6-8H2,1-5H3,(H,24,27). The first kappa shape index (κ1) is 20.3. The number of nitrogens with zero attached hydrogens (tertiary/aromatic N) is 4. The molecule has 3 aromatic heterocycles. The molecule has 9 heteroatoms. The molecule has 1 N–H and O–H groups in total. The van der Waals surface area contributed by atoms with Crippen molar-refractivity contribution in [3.63, 3.8) is 0 Å². The first-order chi connectivity index (χ1) is 13.6. The van der Waals surface area contributed by atoms with Crippen molar-refractivity contribution in [1.82, 2.24) is 19.4 Å². The van der Waals surface area contributed by atoms with E-state index in [1.54, 1.807) is 31.5 Å². The van der Waals surface area contributed by atoms with Gasteiger partial charge in [-0.2, -0.15) is 5.10 Å². The molecule has 154 valence electrons. The van der Waals surface area contributed by atoms with E-state index in [1.807, 2.05) is 0 Å². The molecule has 1 amide bonds. The number of thiophene rings is 1. The molecule has 0 aliphatic heterocycles. The van der Waals surface area contributed by atoms with Gasteiger partial charge < -0.3 is 0 Å². The highest BCUT2D eigenvalue weighted by Crippen LogP contribution is 2.42. The number of halogens is 1. The maximum Gasteiger partial charge on any atom is 0.291 e. The predicted octanol–water partition coefficient (Wildman–Crippen LogP) is 3.80. The average Bonchev–Trinajstić information content (AvgIpc) is 3.15. The fraction of sp³-hybridized carbons (Fsp3) is 0.500. The number of fused-ring (bicyclic) bond motifs is 3. The third-order valence-electron chi connectivity index (χ3n) is 5.69. The summed E-state index contributed by atoms with van der Waals surface area (Å²) < 4.78 is 3.35. The lowest BCUT2D eigenvalue weighted by atomic mass is 9.72. The van der Waals surface area contributed by atoms with Crippen molar-refractivity contribution < 1.29 is 4.79 Å². The molecule has 0 bridgehead atoms. The maximum absolute atomic E-state index is 13.3. The minimum Gasteiger partial charge on any atom is -0.274 e. The molecule has 3 aromatic rings. The van der Waals surface area contributed by atoms with Crippen LogP contribution in [0.1, 0.15) is 53.9 Å². The van der Waals surface area contributed by atoms with E-state index in [1.165, 1.54) is 14.2 Å². The van der Waals surface area contributed by atoms with E-state index in [0.29, 0.717) is 21.6 Å². The van der Waals surface area contributed by atoms with E-state index in [4.69, 9.17) is 0 Å². The maximum atomic E-state index is 13.3. The second-order valence-corrected chi connectivity index (χ2v) is 10.7. The lowest BCUT2D eigenvalue weighted by Crippen LogP contribution is -2.36. The van der Waals surface area contributed by atoms with Crippen LogP contribution in [0.4, 0.5) is 0 Å². The Morgan fingerprint density at radius 2 is 2.10 bits per heavy atom. The first-order valence-corrected chi connectivity index (χ1v) is 11.2. The van der Waals surface area contributed by atoms with E-state index in [-0.39, 0.29) is 16.7 Å². The summed E-state index contributed by atoms with van der Waals surface area (Å²) in [5.41, 5.74) is 4.01. The topological polar surface area (TPSA) is 81.8 Å². The minimum absolute atomic E-state index is 0.222. The van der Waals surface area contributed by atoms with Crippen LogP contribution in [0.2, 0.25) is 0 Å². The Balaban J connectivity index is 1.75. The van der Waals surface area contributed by atoms with Crippen molar-refractivity contribution in [3.8, 4) is 0 Å². The molecule has 1 aliphatic rings. The van der Waals surface area contributed by atoms with Crippen LogP contribution in [-0.2, 0) is 19.9 Å². The molecule has 1 unspecified atom stereocenters. The van der Waals surface area contributed by atoms with Gasteiger partial charge >= 0.3 is 0 Å². The zero-order chi connectivity index (χ0) is 21.1. The summed E-state index contributed by atoms with van der Waals surface area (Å²) in [6, 6.07) is 0. The van der Waals surface area contributed by atoms with Gasteiger partial charge in [-0.1, -0.05) is 20.8 Å². The normalized spacial score (nSPS) is 16.8. The molecular weight excluding hydrogens is 454 g/mol. The number of aryl methyl sites for hydroxylation is 3. The second kappa shape index (κ2) is 7.05. The van der Waals surface area contributed by atoms with Crippen LogP contribution in [0.25, 0.3) is 10.2 Å². The van der Waals surface area contributed by atoms with E-state index >= 15 is 0 Å². The molecule has 0 aromatic carbocycles. The van der Waals surface area contributed by atoms with Gasteiger partial charge in [-0.3, -0.25) is 19.7 Å². The number of carbonyl (C=O) groups excluding carboxylic acids is 1. The highest BCUT2D eigenvalue weighted by atomic mass is 79.9. The van der Waals surface area contributed by atoms with Crippen LogP contribution in [-0.4, -0.2) is 25.3 Å². The molecule has 1 atom stereocenters. The van der Waals surface area contributed by atoms with Crippen LogP contribution in [0.15, 0.2) is 15.5 Å². The van der Waals surface area contributed by atoms with Gasteiger partial charge in [-0.15, -0.1) is 11.3 Å². The van der Waals surface area contributed by atoms with Crippen molar-refractivity contribution in [2.24, 2.45) is 18.4 Å². The van der Waals surface area contributed by atoms with Gasteiger partial charge in [-0.25, -0.2) is 9.66 Å². The summed E-state index contributed by atoms with van der Waals surface area (Å²) in [5, 5.41) is 4.79. The minimum atomic E-state index is -0.458. The molecule has 0 fully saturated rings. The number of aromatic nitrogens is 4. The van der Waals surface area contributed by atoms with Crippen molar-refractivity contribution in [2.45, 2.75) is 47.0 Å². The van der Waals surface area contributed by atoms with Gasteiger partial charge in [0.2, 0.25) is 0 Å². The second-order valence-electron chi connectivity index (χ2n) is 8.73. The van der Waals surface area contributed by atoms with Crippen molar-refractivity contribution >= 4 is 43.4 Å². The molecule has 1 aliphatic carbocycles. The fourth-order valence-electron chi connectivity index (χ4n) is 3.97. The monoisotopic (exact) mass is 477 g/mol. The van der Waals surface area contributed by atoms with Crippen LogP contribution in [0.3, 0.4) is 0 Å². The molecule has 3 heterocycles. The van der Waals surface area contributed by atoms with Crippen molar-refractivity contribution in [1.29, 1.82) is 0 Å².